The summed E-state index contributed by atoms with van der Waals surface area (Å²) in [6.45, 7) is 1.79. The number of hydrazone groups is 1. The number of nitrogens with one attached hydrogen (secondary N) is 1. The average molecular weight is 425 g/mol. The first-order valence-electron chi connectivity index (χ1n) is 9.56. The predicted molar refractivity (Wildman–Crippen MR) is 123 cm³/mol. The second-order valence-electron chi connectivity index (χ2n) is 6.88. The summed E-state index contributed by atoms with van der Waals surface area (Å²) in [6.07, 6.45) is 0. The molecule has 0 fully saturated rings. The number of aromatic nitrogens is 1. The van der Waals surface area contributed by atoms with Crippen molar-refractivity contribution in [3.8, 4) is 17.3 Å². The number of para-hydroxylation sites is 1. The van der Waals surface area contributed by atoms with Crippen LogP contribution in [-0.2, 0) is 0 Å². The van der Waals surface area contributed by atoms with Crippen LogP contribution in [0.5, 0.6) is 0 Å². The molecule has 0 spiro atoms. The maximum atomic E-state index is 13.0. The van der Waals surface area contributed by atoms with Crippen LogP contribution in [0, 0.1) is 11.3 Å². The lowest BCUT2D eigenvalue weighted by molar-refractivity contribution is 0.0956. The van der Waals surface area contributed by atoms with Gasteiger partial charge in [-0.25, -0.2) is 10.4 Å². The number of carbonyl (C=O) groups excluding carboxylic acids is 1. The monoisotopic (exact) mass is 424 g/mol. The third kappa shape index (κ3) is 4.30. The maximum Gasteiger partial charge on any atom is 0.272 e. The van der Waals surface area contributed by atoms with Crippen LogP contribution in [0.4, 0.5) is 0 Å². The molecule has 0 unspecified atom stereocenters. The Bertz CT molecular complexity index is 1350. The summed E-state index contributed by atoms with van der Waals surface area (Å²) in [6, 6.07) is 25.6. The van der Waals surface area contributed by atoms with Crippen molar-refractivity contribution in [2.75, 3.05) is 0 Å². The first-order valence-corrected chi connectivity index (χ1v) is 9.94. The Balaban J connectivity index is 1.70. The first kappa shape index (κ1) is 20.3. The van der Waals surface area contributed by atoms with E-state index in [1.165, 1.54) is 0 Å². The Morgan fingerprint density at radius 3 is 2.48 bits per heavy atom. The average Bonchev–Trinajstić information content (AvgIpc) is 2.82. The Kier molecular flexibility index (Phi) is 5.74. The minimum atomic E-state index is -0.347. The molecule has 31 heavy (non-hydrogen) atoms. The molecule has 0 bridgehead atoms. The fourth-order valence-electron chi connectivity index (χ4n) is 3.22. The van der Waals surface area contributed by atoms with Gasteiger partial charge in [0.2, 0.25) is 0 Å². The van der Waals surface area contributed by atoms with Crippen LogP contribution >= 0.6 is 11.6 Å². The summed E-state index contributed by atoms with van der Waals surface area (Å²) in [7, 11) is 0. The van der Waals surface area contributed by atoms with Gasteiger partial charge in [-0.05, 0) is 42.8 Å². The predicted octanol–water partition coefficient (Wildman–Crippen LogP) is 5.58. The van der Waals surface area contributed by atoms with Crippen LogP contribution in [0.15, 0.2) is 84.0 Å². The fraction of sp³-hybridized carbons (Fsp3) is 0.0400. The second kappa shape index (κ2) is 8.78. The van der Waals surface area contributed by atoms with Crippen molar-refractivity contribution in [1.29, 1.82) is 5.26 Å². The minimum Gasteiger partial charge on any atom is -0.267 e. The van der Waals surface area contributed by atoms with Gasteiger partial charge < -0.3 is 0 Å². The number of pyridine rings is 1. The van der Waals surface area contributed by atoms with Crippen molar-refractivity contribution in [2.24, 2.45) is 5.10 Å². The van der Waals surface area contributed by atoms with E-state index in [1.54, 1.807) is 43.3 Å². The van der Waals surface area contributed by atoms with E-state index < -0.39 is 0 Å². The van der Waals surface area contributed by atoms with Gasteiger partial charge in [-0.1, -0.05) is 60.1 Å². The van der Waals surface area contributed by atoms with Crippen LogP contribution in [0.25, 0.3) is 22.2 Å². The van der Waals surface area contributed by atoms with Gasteiger partial charge in [0, 0.05) is 16.0 Å². The summed E-state index contributed by atoms with van der Waals surface area (Å²) in [5.74, 6) is -0.347. The van der Waals surface area contributed by atoms with Crippen molar-refractivity contribution >= 4 is 34.1 Å². The van der Waals surface area contributed by atoms with E-state index in [2.05, 4.69) is 21.6 Å². The molecule has 0 aliphatic heterocycles. The molecule has 0 saturated carbocycles. The van der Waals surface area contributed by atoms with E-state index in [4.69, 9.17) is 16.9 Å². The van der Waals surface area contributed by atoms with E-state index in [0.29, 0.717) is 33.1 Å². The lowest BCUT2D eigenvalue weighted by Gasteiger charge is -2.10. The molecule has 4 rings (SSSR count). The van der Waals surface area contributed by atoms with Gasteiger partial charge in [-0.3, -0.25) is 4.79 Å². The van der Waals surface area contributed by atoms with Crippen LogP contribution in [0.2, 0.25) is 5.02 Å². The first-order chi connectivity index (χ1) is 15.1. The summed E-state index contributed by atoms with van der Waals surface area (Å²) < 4.78 is 0. The van der Waals surface area contributed by atoms with Gasteiger partial charge in [0.25, 0.3) is 5.91 Å². The zero-order valence-corrected chi connectivity index (χ0v) is 17.4. The minimum absolute atomic E-state index is 0.347. The molecule has 1 amide bonds. The molecular formula is C25H17ClN4O. The number of hydrogen-bond acceptors (Lipinski definition) is 4. The number of benzene rings is 3. The third-order valence-corrected chi connectivity index (χ3v) is 5.20. The molecule has 0 aliphatic rings. The largest absolute Gasteiger partial charge is 0.272 e. The lowest BCUT2D eigenvalue weighted by Crippen LogP contribution is -2.20. The molecule has 0 aliphatic carbocycles. The number of nitrogens with zero attached hydrogens (tertiary/aromatic N) is 3. The number of fused-ring (bicyclic) bond motifs is 1. The lowest BCUT2D eigenvalue weighted by atomic mass is 10.0. The summed E-state index contributed by atoms with van der Waals surface area (Å²) >= 11 is 6.35. The van der Waals surface area contributed by atoms with Gasteiger partial charge in [0.1, 0.15) is 0 Å². The molecule has 0 radical (unpaired) electrons. The highest BCUT2D eigenvalue weighted by atomic mass is 35.5. The van der Waals surface area contributed by atoms with E-state index in [9.17, 15) is 4.79 Å². The number of amides is 1. The molecule has 6 heteroatoms. The second-order valence-corrected chi connectivity index (χ2v) is 7.29. The number of nitriles is 1. The maximum absolute atomic E-state index is 13.0. The number of carbonyl (C=O) groups is 1. The molecule has 1 aromatic heterocycles. The van der Waals surface area contributed by atoms with Gasteiger partial charge in [-0.2, -0.15) is 10.4 Å². The van der Waals surface area contributed by atoms with E-state index >= 15 is 0 Å². The highest BCUT2D eigenvalue weighted by Gasteiger charge is 2.15. The molecule has 0 saturated heterocycles. The summed E-state index contributed by atoms with van der Waals surface area (Å²) in [4.78, 5) is 17.7. The zero-order valence-electron chi connectivity index (χ0n) is 16.6. The standard InChI is InChI=1S/C25H17ClN4O/c1-16(18-12-10-17(15-27)11-13-18)29-30-25(31)21-14-24(20-7-2-4-8-22(20)26)28-23-9-5-3-6-19(21)23/h2-14H,1H3,(H,30,31)/b29-16-. The molecule has 4 aromatic rings. The van der Waals surface area contributed by atoms with Crippen molar-refractivity contribution in [1.82, 2.24) is 10.4 Å². The quantitative estimate of drug-likeness (QED) is 0.343. The molecule has 150 valence electrons. The smallest absolute Gasteiger partial charge is 0.267 e. The van der Waals surface area contributed by atoms with E-state index in [-0.39, 0.29) is 5.91 Å². The van der Waals surface area contributed by atoms with Crippen molar-refractivity contribution in [2.45, 2.75) is 6.92 Å². The van der Waals surface area contributed by atoms with Crippen LogP contribution in [-0.4, -0.2) is 16.6 Å². The van der Waals surface area contributed by atoms with E-state index in [1.807, 2.05) is 42.5 Å². The molecule has 1 heterocycles. The third-order valence-electron chi connectivity index (χ3n) is 4.87. The number of halogens is 1. The SMILES string of the molecule is C/C(=N/NC(=O)c1cc(-c2ccccc2Cl)nc2ccccc12)c1ccc(C#N)cc1. The fourth-order valence-corrected chi connectivity index (χ4v) is 3.45. The van der Waals surface area contributed by atoms with Gasteiger partial charge >= 0.3 is 0 Å². The Morgan fingerprint density at radius 1 is 1.03 bits per heavy atom. The highest BCUT2D eigenvalue weighted by Crippen LogP contribution is 2.29. The molecule has 5 nitrogen and oxygen atoms in total. The van der Waals surface area contributed by atoms with Crippen LogP contribution < -0.4 is 5.43 Å². The number of rotatable bonds is 4. The topological polar surface area (TPSA) is 78.1 Å². The Hall–Kier alpha value is -4.01. The molecule has 1 N–H and O–H groups in total. The van der Waals surface area contributed by atoms with Gasteiger partial charge in [0.15, 0.2) is 0 Å². The van der Waals surface area contributed by atoms with Gasteiger partial charge in [0.05, 0.1) is 34.1 Å². The number of hydrogen-bond donors (Lipinski definition) is 1. The molecule has 0 atom stereocenters. The van der Waals surface area contributed by atoms with Crippen molar-refractivity contribution in [3.05, 3.63) is 101 Å². The van der Waals surface area contributed by atoms with Gasteiger partial charge in [-0.15, -0.1) is 0 Å². The summed E-state index contributed by atoms with van der Waals surface area (Å²) in [5, 5.41) is 14.5. The van der Waals surface area contributed by atoms with E-state index in [0.717, 1.165) is 16.5 Å². The zero-order chi connectivity index (χ0) is 21.8. The molecule has 3 aromatic carbocycles. The van der Waals surface area contributed by atoms with Crippen molar-refractivity contribution < 1.29 is 4.79 Å². The normalized spacial score (nSPS) is 11.2. The highest BCUT2D eigenvalue weighted by molar-refractivity contribution is 6.33. The Morgan fingerprint density at radius 2 is 1.74 bits per heavy atom. The van der Waals surface area contributed by atoms with Crippen molar-refractivity contribution in [3.63, 3.8) is 0 Å². The summed E-state index contributed by atoms with van der Waals surface area (Å²) in [5.41, 5.74) is 7.16. The Labute approximate surface area is 184 Å². The van der Waals surface area contributed by atoms with Crippen LogP contribution in [0.3, 0.4) is 0 Å². The van der Waals surface area contributed by atoms with Crippen LogP contribution in [0.1, 0.15) is 28.4 Å². The molecular weight excluding hydrogens is 408 g/mol.